The molecule has 7 heteroatoms. The molecular weight excluding hydrogens is 264 g/mol. The quantitative estimate of drug-likeness (QED) is 0.883. The van der Waals surface area contributed by atoms with E-state index in [-0.39, 0.29) is 18.7 Å². The van der Waals surface area contributed by atoms with Gasteiger partial charge in [-0.2, -0.15) is 0 Å². The van der Waals surface area contributed by atoms with Crippen molar-refractivity contribution in [3.05, 3.63) is 35.4 Å². The van der Waals surface area contributed by atoms with E-state index in [9.17, 15) is 22.3 Å². The molecule has 0 unspecified atom stereocenters. The maximum atomic E-state index is 13.1. The molecule has 0 aromatic heterocycles. The molecule has 4 nitrogen and oxygen atoms in total. The molecule has 0 aliphatic carbocycles. The van der Waals surface area contributed by atoms with Crippen LogP contribution in [0.15, 0.2) is 18.2 Å². The third-order valence-corrected chi connectivity index (χ3v) is 4.18. The van der Waals surface area contributed by atoms with Gasteiger partial charge in [-0.05, 0) is 17.7 Å². The molecule has 1 aliphatic heterocycles. The van der Waals surface area contributed by atoms with E-state index < -0.39 is 32.9 Å². The van der Waals surface area contributed by atoms with Crippen LogP contribution in [-0.2, 0) is 9.84 Å². The Kier molecular flexibility index (Phi) is 3.39. The highest BCUT2D eigenvalue weighted by Crippen LogP contribution is 2.31. The van der Waals surface area contributed by atoms with Crippen molar-refractivity contribution in [1.29, 1.82) is 0 Å². The highest BCUT2D eigenvalue weighted by molar-refractivity contribution is 7.90. The first kappa shape index (κ1) is 13.4. The number of likely N-dealkylation sites (tertiary alicyclic amines) is 1. The summed E-state index contributed by atoms with van der Waals surface area (Å²) in [6, 6.07) is 2.69. The molecule has 1 heterocycles. The first-order chi connectivity index (χ1) is 8.27. The number of rotatable bonds is 3. The third-order valence-electron chi connectivity index (χ3n) is 2.80. The van der Waals surface area contributed by atoms with Crippen LogP contribution in [0.4, 0.5) is 8.78 Å². The van der Waals surface area contributed by atoms with Gasteiger partial charge in [0.25, 0.3) is 0 Å². The van der Waals surface area contributed by atoms with E-state index in [0.717, 1.165) is 18.4 Å². The summed E-state index contributed by atoms with van der Waals surface area (Å²) in [6.07, 6.45) is 0.415. The van der Waals surface area contributed by atoms with E-state index in [1.165, 1.54) is 4.90 Å². The molecule has 1 saturated heterocycles. The normalized spacial score (nSPS) is 19.6. The predicted octanol–water partition coefficient (Wildman–Crippen LogP) is 0.685. The molecule has 0 radical (unpaired) electrons. The Balaban J connectivity index is 2.40. The van der Waals surface area contributed by atoms with E-state index in [0.29, 0.717) is 6.07 Å². The molecule has 0 saturated carbocycles. The fraction of sp³-hybridized carbons (Fsp3) is 0.455. The van der Waals surface area contributed by atoms with Gasteiger partial charge >= 0.3 is 0 Å². The number of sulfone groups is 1. The van der Waals surface area contributed by atoms with Gasteiger partial charge in [0.1, 0.15) is 17.0 Å². The number of β-amino-alcohol motifs (C(OH)–C–C–N with tert-alkyl or cyclic N) is 1. The molecule has 1 aliphatic rings. The molecule has 0 amide bonds. The lowest BCUT2D eigenvalue weighted by molar-refractivity contribution is -0.00711. The second kappa shape index (κ2) is 4.56. The fourth-order valence-corrected chi connectivity index (χ4v) is 3.47. The Labute approximate surface area is 104 Å². The van der Waals surface area contributed by atoms with Gasteiger partial charge in [0.05, 0.1) is 6.10 Å². The number of hydrogen-bond donors (Lipinski definition) is 1. The van der Waals surface area contributed by atoms with Crippen molar-refractivity contribution in [2.75, 3.05) is 19.3 Å². The molecule has 1 fully saturated rings. The van der Waals surface area contributed by atoms with E-state index >= 15 is 0 Å². The van der Waals surface area contributed by atoms with Gasteiger partial charge in [-0.25, -0.2) is 17.2 Å². The Morgan fingerprint density at radius 2 is 1.78 bits per heavy atom. The van der Waals surface area contributed by atoms with Gasteiger partial charge in [0.15, 0.2) is 9.84 Å². The fourth-order valence-electron chi connectivity index (χ4n) is 2.13. The second-order valence-electron chi connectivity index (χ2n) is 4.49. The average molecular weight is 277 g/mol. The largest absolute Gasteiger partial charge is 0.390 e. The summed E-state index contributed by atoms with van der Waals surface area (Å²) in [5, 5.41) is 8.09. The molecule has 1 aromatic carbocycles. The Morgan fingerprint density at radius 3 is 2.17 bits per heavy atom. The summed E-state index contributed by atoms with van der Waals surface area (Å²) >= 11 is 0. The number of halogens is 2. The van der Waals surface area contributed by atoms with Crippen molar-refractivity contribution >= 4 is 9.84 Å². The smallest absolute Gasteiger partial charge is 0.167 e. The van der Waals surface area contributed by atoms with Crippen molar-refractivity contribution < 1.29 is 22.3 Å². The molecule has 0 bridgehead atoms. The summed E-state index contributed by atoms with van der Waals surface area (Å²) in [5.41, 5.74) is 0.0434. The Morgan fingerprint density at radius 1 is 1.28 bits per heavy atom. The number of hydrogen-bond acceptors (Lipinski definition) is 4. The lowest BCUT2D eigenvalue weighted by Crippen LogP contribution is -2.53. The minimum atomic E-state index is -3.55. The number of aliphatic hydroxyl groups excluding tert-OH is 1. The molecule has 0 spiro atoms. The van der Waals surface area contributed by atoms with Crippen LogP contribution < -0.4 is 0 Å². The van der Waals surface area contributed by atoms with Crippen molar-refractivity contribution in [2.45, 2.75) is 11.5 Å². The van der Waals surface area contributed by atoms with Gasteiger partial charge in [0.2, 0.25) is 0 Å². The van der Waals surface area contributed by atoms with Crippen LogP contribution in [0, 0.1) is 11.6 Å². The van der Waals surface area contributed by atoms with Crippen LogP contribution in [0.3, 0.4) is 0 Å². The average Bonchev–Trinajstić information content (AvgIpc) is 2.11. The zero-order valence-electron chi connectivity index (χ0n) is 9.68. The lowest BCUT2D eigenvalue weighted by atomic mass is 10.1. The first-order valence-corrected chi connectivity index (χ1v) is 7.30. The maximum Gasteiger partial charge on any atom is 0.167 e. The number of nitrogens with zero attached hydrogens (tertiary/aromatic N) is 1. The Hall–Kier alpha value is -1.05. The van der Waals surface area contributed by atoms with Gasteiger partial charge in [0, 0.05) is 25.4 Å². The minimum absolute atomic E-state index is 0.0434. The lowest BCUT2D eigenvalue weighted by Gasteiger charge is -2.40. The second-order valence-corrected chi connectivity index (χ2v) is 6.60. The summed E-state index contributed by atoms with van der Waals surface area (Å²) in [7, 11) is -3.55. The maximum absolute atomic E-state index is 13.1. The van der Waals surface area contributed by atoms with Crippen LogP contribution in [0.25, 0.3) is 0 Å². The standard InChI is InChI=1S/C11H13F2NO3S/c1-18(16,17)11(14-5-10(15)6-14)7-2-8(12)4-9(13)3-7/h2-4,10-11,15H,5-6H2,1H3/t11-/m1/s1. The molecule has 18 heavy (non-hydrogen) atoms. The van der Waals surface area contributed by atoms with Crippen LogP contribution >= 0.6 is 0 Å². The van der Waals surface area contributed by atoms with E-state index in [1.807, 2.05) is 0 Å². The van der Waals surface area contributed by atoms with Crippen molar-refractivity contribution in [3.8, 4) is 0 Å². The number of aliphatic hydroxyl groups is 1. The van der Waals surface area contributed by atoms with Gasteiger partial charge in [-0.3, -0.25) is 4.90 Å². The van der Waals surface area contributed by atoms with Crippen molar-refractivity contribution in [2.24, 2.45) is 0 Å². The van der Waals surface area contributed by atoms with Gasteiger partial charge < -0.3 is 5.11 Å². The van der Waals surface area contributed by atoms with Gasteiger partial charge in [-0.1, -0.05) is 0 Å². The van der Waals surface area contributed by atoms with E-state index in [4.69, 9.17) is 0 Å². The van der Waals surface area contributed by atoms with Crippen LogP contribution in [0.2, 0.25) is 0 Å². The summed E-state index contributed by atoms with van der Waals surface area (Å²) in [6.45, 7) is 0.353. The molecule has 100 valence electrons. The van der Waals surface area contributed by atoms with E-state index in [2.05, 4.69) is 0 Å². The third kappa shape index (κ3) is 2.68. The molecule has 1 N–H and O–H groups in total. The zero-order chi connectivity index (χ0) is 13.5. The molecule has 1 aromatic rings. The highest BCUT2D eigenvalue weighted by atomic mass is 32.2. The monoisotopic (exact) mass is 277 g/mol. The van der Waals surface area contributed by atoms with Crippen molar-refractivity contribution in [3.63, 3.8) is 0 Å². The zero-order valence-corrected chi connectivity index (χ0v) is 10.5. The topological polar surface area (TPSA) is 57.6 Å². The number of benzene rings is 1. The SMILES string of the molecule is CS(=O)(=O)[C@H](c1cc(F)cc(F)c1)N1CC(O)C1. The first-order valence-electron chi connectivity index (χ1n) is 5.34. The predicted molar refractivity (Wildman–Crippen MR) is 61.5 cm³/mol. The summed E-state index contributed by atoms with van der Waals surface area (Å²) in [4.78, 5) is 1.47. The molecular formula is C11H13F2NO3S. The highest BCUT2D eigenvalue weighted by Gasteiger charge is 2.37. The van der Waals surface area contributed by atoms with Crippen LogP contribution in [0.1, 0.15) is 10.9 Å². The van der Waals surface area contributed by atoms with Crippen molar-refractivity contribution in [1.82, 2.24) is 4.90 Å². The molecule has 1 atom stereocenters. The van der Waals surface area contributed by atoms with Crippen LogP contribution in [0.5, 0.6) is 0 Å². The van der Waals surface area contributed by atoms with Crippen LogP contribution in [-0.4, -0.2) is 43.9 Å². The Bertz CT molecular complexity index is 535. The molecule has 2 rings (SSSR count). The summed E-state index contributed by atoms with van der Waals surface area (Å²) in [5.74, 6) is -1.64. The summed E-state index contributed by atoms with van der Waals surface area (Å²) < 4.78 is 49.7. The van der Waals surface area contributed by atoms with Gasteiger partial charge in [-0.15, -0.1) is 0 Å². The van der Waals surface area contributed by atoms with E-state index in [1.54, 1.807) is 0 Å². The minimum Gasteiger partial charge on any atom is -0.390 e.